The van der Waals surface area contributed by atoms with E-state index in [0.717, 1.165) is 0 Å². The van der Waals surface area contributed by atoms with Gasteiger partial charge in [-0.1, -0.05) is 0 Å². The van der Waals surface area contributed by atoms with Crippen molar-refractivity contribution < 1.29 is 33.7 Å². The van der Waals surface area contributed by atoms with E-state index in [4.69, 9.17) is 4.74 Å². The molecule has 1 amide bonds. The van der Waals surface area contributed by atoms with Gasteiger partial charge in [-0.25, -0.2) is 4.79 Å². The second kappa shape index (κ2) is 6.95. The number of hydrogen-bond acceptors (Lipinski definition) is 7. The highest BCUT2D eigenvalue weighted by Crippen LogP contribution is 2.26. The van der Waals surface area contributed by atoms with Gasteiger partial charge < -0.3 is 24.2 Å². The van der Waals surface area contributed by atoms with Gasteiger partial charge in [0.05, 0.1) is 20.3 Å². The number of rotatable bonds is 2. The van der Waals surface area contributed by atoms with Gasteiger partial charge in [-0.3, -0.25) is 9.59 Å². The smallest absolute Gasteiger partial charge is 0.410 e. The van der Waals surface area contributed by atoms with Crippen molar-refractivity contribution in [3.63, 3.8) is 0 Å². The van der Waals surface area contributed by atoms with Gasteiger partial charge in [-0.15, -0.1) is 0 Å². The van der Waals surface area contributed by atoms with Gasteiger partial charge in [0.25, 0.3) is 0 Å². The molecule has 3 atom stereocenters. The summed E-state index contributed by atoms with van der Waals surface area (Å²) in [6.07, 6.45) is -1.94. The maximum Gasteiger partial charge on any atom is 0.410 e. The molecule has 1 N–H and O–H groups in total. The molecule has 0 aromatic carbocycles. The molecule has 22 heavy (non-hydrogen) atoms. The van der Waals surface area contributed by atoms with Crippen LogP contribution in [-0.4, -0.2) is 67.1 Å². The summed E-state index contributed by atoms with van der Waals surface area (Å²) in [5.74, 6) is -3.46. The zero-order valence-electron chi connectivity index (χ0n) is 13.5. The maximum atomic E-state index is 12.2. The van der Waals surface area contributed by atoms with Crippen LogP contribution in [0.1, 0.15) is 20.8 Å². The van der Waals surface area contributed by atoms with Crippen molar-refractivity contribution >= 4 is 18.0 Å². The number of nitrogens with zero attached hydrogens (tertiary/aromatic N) is 1. The minimum atomic E-state index is -1.28. The Kier molecular flexibility index (Phi) is 5.76. The number of hydrogen-bond donors (Lipinski definition) is 1. The zero-order valence-corrected chi connectivity index (χ0v) is 13.5. The Labute approximate surface area is 129 Å². The van der Waals surface area contributed by atoms with E-state index < -0.39 is 41.6 Å². The van der Waals surface area contributed by atoms with Crippen LogP contribution in [-0.2, 0) is 23.8 Å². The normalized spacial score (nSPS) is 25.4. The largest absolute Gasteiger partial charge is 0.469 e. The van der Waals surface area contributed by atoms with Crippen molar-refractivity contribution in [3.8, 4) is 0 Å². The number of piperidine rings is 1. The van der Waals surface area contributed by atoms with E-state index in [1.807, 2.05) is 0 Å². The minimum Gasteiger partial charge on any atom is -0.469 e. The second-order valence-corrected chi connectivity index (χ2v) is 6.14. The maximum absolute atomic E-state index is 12.2. The monoisotopic (exact) mass is 317 g/mol. The number of likely N-dealkylation sites (tertiary alicyclic amines) is 1. The summed E-state index contributed by atoms with van der Waals surface area (Å²) in [5, 5.41) is 10.2. The molecule has 1 aliphatic heterocycles. The summed E-state index contributed by atoms with van der Waals surface area (Å²) >= 11 is 0. The number of esters is 2. The number of carbonyl (C=O) groups excluding carboxylic acids is 3. The summed E-state index contributed by atoms with van der Waals surface area (Å²) in [7, 11) is 2.35. The van der Waals surface area contributed by atoms with Gasteiger partial charge in [0.15, 0.2) is 0 Å². The third kappa shape index (κ3) is 4.33. The standard InChI is InChI=1S/C14H23NO7/c1-14(2,3)22-13(19)15-6-8(11(17)20-4)10(16)9(7-15)12(18)21-5/h8-10,16H,6-7H2,1-5H3/t8-,9+,10?. The van der Waals surface area contributed by atoms with Gasteiger partial charge in [0.1, 0.15) is 17.4 Å². The number of aliphatic hydroxyl groups is 1. The van der Waals surface area contributed by atoms with E-state index in [0.29, 0.717) is 0 Å². The highest BCUT2D eigenvalue weighted by Gasteiger charge is 2.46. The Balaban J connectivity index is 2.97. The molecule has 1 fully saturated rings. The molecule has 0 aromatic heterocycles. The molecule has 1 heterocycles. The van der Waals surface area contributed by atoms with E-state index >= 15 is 0 Å². The second-order valence-electron chi connectivity index (χ2n) is 6.14. The van der Waals surface area contributed by atoms with E-state index in [9.17, 15) is 19.5 Å². The predicted octanol–water partition coefficient (Wildman–Crippen LogP) is 0.176. The molecule has 1 rings (SSSR count). The number of methoxy groups -OCH3 is 2. The van der Waals surface area contributed by atoms with Crippen LogP contribution in [0.4, 0.5) is 4.79 Å². The lowest BCUT2D eigenvalue weighted by atomic mass is 9.86. The number of carbonyl (C=O) groups is 3. The molecule has 0 aromatic rings. The van der Waals surface area contributed by atoms with E-state index in [-0.39, 0.29) is 13.1 Å². The molecule has 1 unspecified atom stereocenters. The molecule has 0 saturated carbocycles. The van der Waals surface area contributed by atoms with Crippen molar-refractivity contribution in [1.29, 1.82) is 0 Å². The van der Waals surface area contributed by atoms with E-state index in [2.05, 4.69) is 9.47 Å². The van der Waals surface area contributed by atoms with Gasteiger partial charge in [-0.05, 0) is 20.8 Å². The number of amides is 1. The molecule has 8 nitrogen and oxygen atoms in total. The van der Waals surface area contributed by atoms with E-state index in [1.165, 1.54) is 19.1 Å². The van der Waals surface area contributed by atoms with Gasteiger partial charge in [0, 0.05) is 13.1 Å². The molecule has 0 radical (unpaired) electrons. The summed E-state index contributed by atoms with van der Waals surface area (Å²) in [4.78, 5) is 36.9. The summed E-state index contributed by atoms with van der Waals surface area (Å²) in [6, 6.07) is 0. The van der Waals surface area contributed by atoms with Crippen molar-refractivity contribution in [2.75, 3.05) is 27.3 Å². The Bertz CT molecular complexity index is 417. The summed E-state index contributed by atoms with van der Waals surface area (Å²) in [6.45, 7) is 4.95. The highest BCUT2D eigenvalue weighted by molar-refractivity contribution is 5.80. The first-order valence-electron chi connectivity index (χ1n) is 6.92. The Morgan fingerprint density at radius 3 is 1.73 bits per heavy atom. The molecule has 0 bridgehead atoms. The molecule has 0 aliphatic carbocycles. The molecular weight excluding hydrogens is 294 g/mol. The van der Waals surface area contributed by atoms with Gasteiger partial charge in [0.2, 0.25) is 0 Å². The lowest BCUT2D eigenvalue weighted by molar-refractivity contribution is -0.164. The first-order valence-corrected chi connectivity index (χ1v) is 6.92. The molecule has 1 saturated heterocycles. The zero-order chi connectivity index (χ0) is 17.1. The average Bonchev–Trinajstić information content (AvgIpc) is 2.43. The molecule has 8 heteroatoms. The third-order valence-corrected chi connectivity index (χ3v) is 3.32. The Hall–Kier alpha value is -1.83. The summed E-state index contributed by atoms with van der Waals surface area (Å²) < 4.78 is 14.5. The number of aliphatic hydroxyl groups excluding tert-OH is 1. The van der Waals surface area contributed by atoms with Crippen molar-refractivity contribution in [1.82, 2.24) is 4.90 Å². The fraction of sp³-hybridized carbons (Fsp3) is 0.786. The van der Waals surface area contributed by atoms with Crippen molar-refractivity contribution in [2.24, 2.45) is 11.8 Å². The topological polar surface area (TPSA) is 102 Å². The summed E-state index contributed by atoms with van der Waals surface area (Å²) in [5.41, 5.74) is -0.714. The van der Waals surface area contributed by atoms with Crippen LogP contribution in [0.15, 0.2) is 0 Å². The van der Waals surface area contributed by atoms with E-state index in [1.54, 1.807) is 20.8 Å². The Morgan fingerprint density at radius 1 is 1.00 bits per heavy atom. The lowest BCUT2D eigenvalue weighted by Gasteiger charge is -2.39. The fourth-order valence-corrected chi connectivity index (χ4v) is 2.25. The predicted molar refractivity (Wildman–Crippen MR) is 74.8 cm³/mol. The van der Waals surface area contributed by atoms with Crippen molar-refractivity contribution in [2.45, 2.75) is 32.5 Å². The minimum absolute atomic E-state index is 0.0871. The molecule has 0 spiro atoms. The average molecular weight is 317 g/mol. The first-order chi connectivity index (χ1) is 10.1. The Morgan fingerprint density at radius 2 is 1.41 bits per heavy atom. The first kappa shape index (κ1) is 18.2. The quantitative estimate of drug-likeness (QED) is 0.572. The molecule has 1 aliphatic rings. The van der Waals surface area contributed by atoms with Crippen LogP contribution in [0.2, 0.25) is 0 Å². The molecular formula is C14H23NO7. The van der Waals surface area contributed by atoms with Crippen LogP contribution in [0, 0.1) is 11.8 Å². The van der Waals surface area contributed by atoms with Gasteiger partial charge >= 0.3 is 18.0 Å². The van der Waals surface area contributed by atoms with Crippen molar-refractivity contribution in [3.05, 3.63) is 0 Å². The number of ether oxygens (including phenoxy) is 3. The van der Waals surface area contributed by atoms with Crippen LogP contribution in [0.5, 0.6) is 0 Å². The fourth-order valence-electron chi connectivity index (χ4n) is 2.25. The van der Waals surface area contributed by atoms with Crippen LogP contribution in [0.25, 0.3) is 0 Å². The van der Waals surface area contributed by atoms with Crippen LogP contribution in [0.3, 0.4) is 0 Å². The third-order valence-electron chi connectivity index (χ3n) is 3.32. The van der Waals surface area contributed by atoms with Gasteiger partial charge in [-0.2, -0.15) is 0 Å². The lowest BCUT2D eigenvalue weighted by Crippen LogP contribution is -2.57. The van der Waals surface area contributed by atoms with Crippen LogP contribution < -0.4 is 0 Å². The SMILES string of the molecule is COC(=O)[C@H]1CN(C(=O)OC(C)(C)C)C[C@@H](C(=O)OC)C1O. The van der Waals surface area contributed by atoms with Crippen LogP contribution >= 0.6 is 0 Å². The molecule has 126 valence electrons. The highest BCUT2D eigenvalue weighted by atomic mass is 16.6.